The summed E-state index contributed by atoms with van der Waals surface area (Å²) in [6.45, 7) is 3.96. The lowest BCUT2D eigenvalue weighted by Crippen LogP contribution is -2.69. The van der Waals surface area contributed by atoms with Gasteiger partial charge in [-0.25, -0.2) is 0 Å². The molecule has 7 nitrogen and oxygen atoms in total. The highest BCUT2D eigenvalue weighted by molar-refractivity contribution is 5.98. The number of piperazine rings is 1. The Balaban J connectivity index is 1.23. The van der Waals surface area contributed by atoms with Crippen LogP contribution in [-0.4, -0.2) is 60.4 Å². The molecular formula is C37H40N4O3. The SMILES string of the molecule is CC(=O)N(CC1CCNCC1)C(Cc1ccc(-c2ccccc2)cc1)[C@@H]1NC(=O)[C@H](Cc2ccc3ccccc3c2)NC1=O. The van der Waals surface area contributed by atoms with Gasteiger partial charge in [-0.2, -0.15) is 0 Å². The van der Waals surface area contributed by atoms with E-state index < -0.39 is 18.1 Å². The van der Waals surface area contributed by atoms with Gasteiger partial charge in [0, 0.05) is 19.9 Å². The lowest BCUT2D eigenvalue weighted by molar-refractivity contribution is -0.142. The Morgan fingerprint density at radius 1 is 0.773 bits per heavy atom. The van der Waals surface area contributed by atoms with E-state index >= 15 is 0 Å². The predicted molar refractivity (Wildman–Crippen MR) is 174 cm³/mol. The van der Waals surface area contributed by atoms with Gasteiger partial charge in [0.2, 0.25) is 17.7 Å². The van der Waals surface area contributed by atoms with Crippen LogP contribution >= 0.6 is 0 Å². The molecule has 0 aliphatic carbocycles. The smallest absolute Gasteiger partial charge is 0.245 e. The zero-order chi connectivity index (χ0) is 30.5. The molecule has 0 aromatic heterocycles. The van der Waals surface area contributed by atoms with E-state index in [0.717, 1.165) is 59.0 Å². The molecule has 6 rings (SSSR count). The van der Waals surface area contributed by atoms with Gasteiger partial charge in [-0.1, -0.05) is 97.1 Å². The van der Waals surface area contributed by atoms with Crippen molar-refractivity contribution in [2.24, 2.45) is 5.92 Å². The third-order valence-corrected chi connectivity index (χ3v) is 9.08. The topological polar surface area (TPSA) is 90.5 Å². The molecule has 226 valence electrons. The molecule has 2 aliphatic heterocycles. The molecule has 1 unspecified atom stereocenters. The van der Waals surface area contributed by atoms with Crippen molar-refractivity contribution in [2.75, 3.05) is 19.6 Å². The molecule has 0 radical (unpaired) electrons. The molecule has 3 N–H and O–H groups in total. The number of hydrogen-bond acceptors (Lipinski definition) is 4. The van der Waals surface area contributed by atoms with E-state index in [9.17, 15) is 14.4 Å². The van der Waals surface area contributed by atoms with Gasteiger partial charge in [0.1, 0.15) is 12.1 Å². The highest BCUT2D eigenvalue weighted by Crippen LogP contribution is 2.24. The minimum Gasteiger partial charge on any atom is -0.342 e. The molecule has 2 heterocycles. The first-order chi connectivity index (χ1) is 21.4. The number of benzene rings is 4. The zero-order valence-corrected chi connectivity index (χ0v) is 25.2. The van der Waals surface area contributed by atoms with Crippen molar-refractivity contribution in [1.29, 1.82) is 0 Å². The summed E-state index contributed by atoms with van der Waals surface area (Å²) in [7, 11) is 0. The lowest BCUT2D eigenvalue weighted by Gasteiger charge is -2.41. The second-order valence-corrected chi connectivity index (χ2v) is 12.1. The van der Waals surface area contributed by atoms with Gasteiger partial charge in [0.15, 0.2) is 0 Å². The number of hydrogen-bond donors (Lipinski definition) is 3. The number of fused-ring (bicyclic) bond motifs is 1. The lowest BCUT2D eigenvalue weighted by atomic mass is 9.90. The van der Waals surface area contributed by atoms with Crippen LogP contribution in [0.2, 0.25) is 0 Å². The normalized spacial score (nSPS) is 19.7. The van der Waals surface area contributed by atoms with E-state index in [0.29, 0.717) is 25.3 Å². The number of rotatable bonds is 9. The standard InChI is InChI=1S/C37H40N4O3/c1-25(42)41(24-27-17-19-38-20-18-27)34(23-26-11-14-31(15-12-26)29-7-3-2-4-8-29)35-37(44)39-33(36(43)40-35)22-28-13-16-30-9-5-6-10-32(30)21-28/h2-16,21,27,33-35,38H,17-20,22-24H2,1H3,(H,39,44)(H,40,43)/t33-,34?,35-/m0/s1. The molecule has 0 bridgehead atoms. The maximum absolute atomic E-state index is 13.8. The van der Waals surface area contributed by atoms with Gasteiger partial charge in [0.25, 0.3) is 0 Å². The van der Waals surface area contributed by atoms with Crippen molar-refractivity contribution in [3.63, 3.8) is 0 Å². The van der Waals surface area contributed by atoms with E-state index in [1.807, 2.05) is 53.4 Å². The van der Waals surface area contributed by atoms with Gasteiger partial charge in [0.05, 0.1) is 6.04 Å². The summed E-state index contributed by atoms with van der Waals surface area (Å²) in [6.07, 6.45) is 2.79. The molecule has 3 amide bonds. The maximum Gasteiger partial charge on any atom is 0.245 e. The fourth-order valence-electron chi connectivity index (χ4n) is 6.62. The van der Waals surface area contributed by atoms with Crippen LogP contribution in [0.15, 0.2) is 97.1 Å². The monoisotopic (exact) mass is 588 g/mol. The molecule has 4 aromatic rings. The first-order valence-electron chi connectivity index (χ1n) is 15.7. The van der Waals surface area contributed by atoms with Crippen LogP contribution < -0.4 is 16.0 Å². The molecule has 4 aromatic carbocycles. The zero-order valence-electron chi connectivity index (χ0n) is 25.2. The summed E-state index contributed by atoms with van der Waals surface area (Å²) >= 11 is 0. The fraction of sp³-hybridized carbons (Fsp3) is 0.324. The summed E-state index contributed by atoms with van der Waals surface area (Å²) in [5.74, 6) is -0.226. The minimum absolute atomic E-state index is 0.0882. The molecule has 7 heteroatoms. The number of piperidine rings is 1. The molecule has 2 fully saturated rings. The van der Waals surface area contributed by atoms with Crippen molar-refractivity contribution in [2.45, 2.75) is 50.7 Å². The van der Waals surface area contributed by atoms with Crippen molar-refractivity contribution in [3.05, 3.63) is 108 Å². The Morgan fingerprint density at radius 3 is 2.16 bits per heavy atom. The van der Waals surface area contributed by atoms with Crippen LogP contribution in [-0.2, 0) is 27.2 Å². The Hall–Kier alpha value is -4.49. The largest absolute Gasteiger partial charge is 0.342 e. The minimum atomic E-state index is -0.852. The first kappa shape index (κ1) is 29.6. The van der Waals surface area contributed by atoms with Crippen molar-refractivity contribution in [1.82, 2.24) is 20.9 Å². The van der Waals surface area contributed by atoms with Gasteiger partial charge in [-0.05, 0) is 71.3 Å². The van der Waals surface area contributed by atoms with Gasteiger partial charge in [-0.15, -0.1) is 0 Å². The Kier molecular flexibility index (Phi) is 9.03. The third-order valence-electron chi connectivity index (χ3n) is 9.08. The second-order valence-electron chi connectivity index (χ2n) is 12.1. The van der Waals surface area contributed by atoms with Crippen LogP contribution in [0.3, 0.4) is 0 Å². The highest BCUT2D eigenvalue weighted by Gasteiger charge is 2.42. The number of nitrogens with one attached hydrogen (secondary N) is 3. The summed E-state index contributed by atoms with van der Waals surface area (Å²) in [4.78, 5) is 42.3. The number of carbonyl (C=O) groups is 3. The van der Waals surface area contributed by atoms with Crippen LogP contribution in [0.5, 0.6) is 0 Å². The highest BCUT2D eigenvalue weighted by atomic mass is 16.2. The van der Waals surface area contributed by atoms with E-state index in [-0.39, 0.29) is 17.7 Å². The molecule has 3 atom stereocenters. The van der Waals surface area contributed by atoms with Crippen LogP contribution in [0.4, 0.5) is 0 Å². The number of carbonyl (C=O) groups excluding carboxylic acids is 3. The van der Waals surface area contributed by atoms with Crippen LogP contribution in [0, 0.1) is 5.92 Å². The van der Waals surface area contributed by atoms with Crippen molar-refractivity contribution >= 4 is 28.5 Å². The summed E-state index contributed by atoms with van der Waals surface area (Å²) in [5.41, 5.74) is 4.22. The average Bonchev–Trinajstić information content (AvgIpc) is 3.05. The Bertz CT molecular complexity index is 1620. The third kappa shape index (κ3) is 6.84. The van der Waals surface area contributed by atoms with Crippen LogP contribution in [0.1, 0.15) is 30.9 Å². The quantitative estimate of drug-likeness (QED) is 0.269. The molecule has 0 saturated carbocycles. The van der Waals surface area contributed by atoms with Crippen molar-refractivity contribution in [3.8, 4) is 11.1 Å². The van der Waals surface area contributed by atoms with Crippen molar-refractivity contribution < 1.29 is 14.4 Å². The van der Waals surface area contributed by atoms with E-state index in [4.69, 9.17) is 0 Å². The first-order valence-corrected chi connectivity index (χ1v) is 15.7. The molecule has 2 aliphatic rings. The average molecular weight is 589 g/mol. The molecule has 0 spiro atoms. The van der Waals surface area contributed by atoms with Gasteiger partial charge in [-0.3, -0.25) is 14.4 Å². The molecule has 2 saturated heterocycles. The predicted octanol–water partition coefficient (Wildman–Crippen LogP) is 4.49. The number of amides is 3. The fourth-order valence-corrected chi connectivity index (χ4v) is 6.62. The Morgan fingerprint density at radius 2 is 1.43 bits per heavy atom. The van der Waals surface area contributed by atoms with E-state index in [2.05, 4.69) is 64.5 Å². The molecular weight excluding hydrogens is 548 g/mol. The second kappa shape index (κ2) is 13.4. The summed E-state index contributed by atoms with van der Waals surface area (Å²) < 4.78 is 0. The van der Waals surface area contributed by atoms with Gasteiger partial charge < -0.3 is 20.9 Å². The summed E-state index contributed by atoms with van der Waals surface area (Å²) in [6, 6.07) is 30.6. The molecule has 44 heavy (non-hydrogen) atoms. The van der Waals surface area contributed by atoms with E-state index in [1.165, 1.54) is 0 Å². The maximum atomic E-state index is 13.8. The van der Waals surface area contributed by atoms with Gasteiger partial charge >= 0.3 is 0 Å². The van der Waals surface area contributed by atoms with E-state index in [1.54, 1.807) is 6.92 Å². The number of nitrogens with zero attached hydrogens (tertiary/aromatic N) is 1. The summed E-state index contributed by atoms with van der Waals surface area (Å²) in [5, 5.41) is 11.7. The van der Waals surface area contributed by atoms with Crippen LogP contribution in [0.25, 0.3) is 21.9 Å². The Labute approximate surface area is 259 Å².